The zero-order chi connectivity index (χ0) is 18.9. The average Bonchev–Trinajstić information content (AvgIpc) is 2.69. The first-order chi connectivity index (χ1) is 13.0. The third-order valence-corrected chi connectivity index (χ3v) is 7.03. The van der Waals surface area contributed by atoms with Gasteiger partial charge >= 0.3 is 0 Å². The van der Waals surface area contributed by atoms with Crippen LogP contribution in [-0.4, -0.2) is 32.4 Å². The summed E-state index contributed by atoms with van der Waals surface area (Å²) in [6.07, 6.45) is 7.89. The van der Waals surface area contributed by atoms with Gasteiger partial charge in [-0.3, -0.25) is 4.90 Å². The molecule has 142 valence electrons. The van der Waals surface area contributed by atoms with Gasteiger partial charge in [-0.2, -0.15) is 0 Å². The van der Waals surface area contributed by atoms with Crippen LogP contribution >= 0.6 is 0 Å². The number of sulfonamides is 1. The number of likely N-dealkylation sites (tertiary alicyclic amines) is 1. The lowest BCUT2D eigenvalue weighted by Crippen LogP contribution is -2.48. The molecule has 0 aromatic heterocycles. The minimum Gasteiger partial charge on any atom is -0.295 e. The second-order valence-corrected chi connectivity index (χ2v) is 9.20. The van der Waals surface area contributed by atoms with E-state index in [4.69, 9.17) is 0 Å². The predicted octanol–water partition coefficient (Wildman–Crippen LogP) is 3.90. The van der Waals surface area contributed by atoms with Gasteiger partial charge in [-0.15, -0.1) is 0 Å². The van der Waals surface area contributed by atoms with Crippen LogP contribution in [0.2, 0.25) is 0 Å². The molecule has 27 heavy (non-hydrogen) atoms. The molecule has 0 bridgehead atoms. The topological polar surface area (TPSA) is 49.4 Å². The van der Waals surface area contributed by atoms with Gasteiger partial charge in [0.25, 0.3) is 0 Å². The molecule has 0 radical (unpaired) electrons. The van der Waals surface area contributed by atoms with Crippen molar-refractivity contribution in [1.29, 1.82) is 0 Å². The molecule has 1 aliphatic carbocycles. The summed E-state index contributed by atoms with van der Waals surface area (Å²) < 4.78 is 29.2. The molecule has 0 amide bonds. The van der Waals surface area contributed by atoms with Crippen molar-refractivity contribution in [2.45, 2.75) is 43.2 Å². The zero-order valence-electron chi connectivity index (χ0n) is 15.6. The summed E-state index contributed by atoms with van der Waals surface area (Å²) in [5.41, 5.74) is 3.18. The predicted molar refractivity (Wildman–Crippen MR) is 109 cm³/mol. The maximum absolute atomic E-state index is 13.1. The van der Waals surface area contributed by atoms with E-state index in [-0.39, 0.29) is 12.1 Å². The SMILES string of the molecule is Cc1ccc(S(=O)(=O)N[C@H]2c3ccccc3C=C[C@@H]2N2CCCCC2)cc1. The van der Waals surface area contributed by atoms with E-state index < -0.39 is 10.0 Å². The second-order valence-electron chi connectivity index (χ2n) is 7.49. The molecular formula is C22H26N2O2S. The van der Waals surface area contributed by atoms with E-state index in [0.717, 1.165) is 29.8 Å². The van der Waals surface area contributed by atoms with Crippen LogP contribution < -0.4 is 4.72 Å². The fraction of sp³-hybridized carbons (Fsp3) is 0.364. The molecule has 1 saturated heterocycles. The maximum Gasteiger partial charge on any atom is 0.241 e. The van der Waals surface area contributed by atoms with E-state index in [2.05, 4.69) is 21.8 Å². The first kappa shape index (κ1) is 18.4. The van der Waals surface area contributed by atoms with Gasteiger partial charge < -0.3 is 0 Å². The number of hydrogen-bond acceptors (Lipinski definition) is 3. The number of nitrogens with zero attached hydrogens (tertiary/aromatic N) is 1. The van der Waals surface area contributed by atoms with Crippen molar-refractivity contribution in [3.63, 3.8) is 0 Å². The molecule has 2 aromatic carbocycles. The van der Waals surface area contributed by atoms with Crippen LogP contribution in [0, 0.1) is 6.92 Å². The highest BCUT2D eigenvalue weighted by Gasteiger charge is 2.34. The van der Waals surface area contributed by atoms with Crippen molar-refractivity contribution < 1.29 is 8.42 Å². The third-order valence-electron chi connectivity index (χ3n) is 5.57. The van der Waals surface area contributed by atoms with Crippen molar-refractivity contribution in [3.8, 4) is 0 Å². The smallest absolute Gasteiger partial charge is 0.241 e. The number of nitrogens with one attached hydrogen (secondary N) is 1. The molecule has 0 saturated carbocycles. The van der Waals surface area contributed by atoms with Crippen LogP contribution in [0.25, 0.3) is 6.08 Å². The summed E-state index contributed by atoms with van der Waals surface area (Å²) in [6, 6.07) is 14.9. The molecule has 2 aromatic rings. The molecular weight excluding hydrogens is 356 g/mol. The van der Waals surface area contributed by atoms with E-state index in [1.807, 2.05) is 43.3 Å². The average molecular weight is 383 g/mol. The standard InChI is InChI=1S/C22H26N2O2S/c1-17-9-12-19(13-10-17)27(25,26)23-22-20-8-4-3-7-18(20)11-14-21(22)24-15-5-2-6-16-24/h3-4,7-14,21-23H,2,5-6,15-16H2,1H3/t21-,22-/m0/s1. The van der Waals surface area contributed by atoms with Crippen molar-refractivity contribution in [2.75, 3.05) is 13.1 Å². The van der Waals surface area contributed by atoms with Crippen molar-refractivity contribution in [3.05, 3.63) is 71.3 Å². The highest BCUT2D eigenvalue weighted by atomic mass is 32.2. The summed E-state index contributed by atoms with van der Waals surface area (Å²) in [6.45, 7) is 3.98. The summed E-state index contributed by atoms with van der Waals surface area (Å²) in [5, 5.41) is 0. The first-order valence-electron chi connectivity index (χ1n) is 9.65. The molecule has 0 spiro atoms. The molecule has 1 fully saturated rings. The van der Waals surface area contributed by atoms with Gasteiger partial charge in [-0.25, -0.2) is 13.1 Å². The Bertz CT molecular complexity index is 929. The van der Waals surface area contributed by atoms with Gasteiger partial charge in [-0.05, 0) is 56.1 Å². The van der Waals surface area contributed by atoms with Crippen LogP contribution in [0.3, 0.4) is 0 Å². The van der Waals surface area contributed by atoms with Gasteiger partial charge in [0.2, 0.25) is 10.0 Å². The Hall–Kier alpha value is -1.95. The van der Waals surface area contributed by atoms with E-state index in [1.54, 1.807) is 12.1 Å². The Morgan fingerprint density at radius 1 is 0.963 bits per heavy atom. The molecule has 1 heterocycles. The summed E-state index contributed by atoms with van der Waals surface area (Å²) >= 11 is 0. The highest BCUT2D eigenvalue weighted by Crippen LogP contribution is 2.33. The van der Waals surface area contributed by atoms with Gasteiger partial charge in [0, 0.05) is 6.04 Å². The van der Waals surface area contributed by atoms with Crippen molar-refractivity contribution >= 4 is 16.1 Å². The lowest BCUT2D eigenvalue weighted by molar-refractivity contribution is 0.166. The molecule has 2 aliphatic rings. The molecule has 5 heteroatoms. The molecule has 4 rings (SSSR count). The third kappa shape index (κ3) is 3.86. The largest absolute Gasteiger partial charge is 0.295 e. The van der Waals surface area contributed by atoms with E-state index in [9.17, 15) is 8.42 Å². The summed E-state index contributed by atoms with van der Waals surface area (Å²) in [4.78, 5) is 2.73. The molecule has 0 unspecified atom stereocenters. The number of fused-ring (bicyclic) bond motifs is 1. The van der Waals surface area contributed by atoms with Gasteiger partial charge in [0.15, 0.2) is 0 Å². The first-order valence-corrected chi connectivity index (χ1v) is 11.1. The molecule has 4 nitrogen and oxygen atoms in total. The fourth-order valence-corrected chi connectivity index (χ4v) is 5.31. The highest BCUT2D eigenvalue weighted by molar-refractivity contribution is 7.89. The molecule has 1 N–H and O–H groups in total. The van der Waals surface area contributed by atoms with E-state index in [0.29, 0.717) is 4.90 Å². The second kappa shape index (κ2) is 7.58. The lowest BCUT2D eigenvalue weighted by Gasteiger charge is -2.40. The van der Waals surface area contributed by atoms with Gasteiger partial charge in [0.05, 0.1) is 10.9 Å². The quantitative estimate of drug-likeness (QED) is 0.873. The molecule has 2 atom stereocenters. The van der Waals surface area contributed by atoms with E-state index >= 15 is 0 Å². The number of rotatable bonds is 4. The molecule has 1 aliphatic heterocycles. The van der Waals surface area contributed by atoms with Crippen LogP contribution in [-0.2, 0) is 10.0 Å². The summed E-state index contributed by atoms with van der Waals surface area (Å²) in [7, 11) is -3.60. The number of benzene rings is 2. The van der Waals surface area contributed by atoms with Crippen LogP contribution in [0.4, 0.5) is 0 Å². The summed E-state index contributed by atoms with van der Waals surface area (Å²) in [5.74, 6) is 0. The van der Waals surface area contributed by atoms with Crippen LogP contribution in [0.15, 0.2) is 59.5 Å². The minimum atomic E-state index is -3.60. The van der Waals surface area contributed by atoms with Gasteiger partial charge in [0.1, 0.15) is 0 Å². The Kier molecular flexibility index (Phi) is 5.17. The number of aryl methyl sites for hydroxylation is 1. The van der Waals surface area contributed by atoms with Crippen molar-refractivity contribution in [2.24, 2.45) is 0 Å². The van der Waals surface area contributed by atoms with Crippen molar-refractivity contribution in [1.82, 2.24) is 9.62 Å². The maximum atomic E-state index is 13.1. The van der Waals surface area contributed by atoms with Crippen LogP contribution in [0.1, 0.15) is 42.0 Å². The number of hydrogen-bond donors (Lipinski definition) is 1. The Morgan fingerprint density at radius 3 is 2.41 bits per heavy atom. The minimum absolute atomic E-state index is 0.0421. The fourth-order valence-electron chi connectivity index (χ4n) is 4.08. The van der Waals surface area contributed by atoms with Gasteiger partial charge in [-0.1, -0.05) is 60.5 Å². The van der Waals surface area contributed by atoms with Crippen LogP contribution in [0.5, 0.6) is 0 Å². The Morgan fingerprint density at radius 2 is 1.67 bits per heavy atom. The lowest BCUT2D eigenvalue weighted by atomic mass is 9.88. The van der Waals surface area contributed by atoms with E-state index in [1.165, 1.54) is 19.3 Å². The zero-order valence-corrected chi connectivity index (χ0v) is 16.5. The Balaban J connectivity index is 1.69. The normalized spacial score (nSPS) is 23.1. The monoisotopic (exact) mass is 382 g/mol. The number of piperidine rings is 1. The Labute approximate surface area is 162 Å².